The van der Waals surface area contributed by atoms with E-state index in [4.69, 9.17) is 0 Å². The van der Waals surface area contributed by atoms with Gasteiger partial charge in [0.2, 0.25) is 0 Å². The maximum absolute atomic E-state index is 3.42. The number of nitrogens with one attached hydrogen (secondary N) is 1. The van der Waals surface area contributed by atoms with Crippen LogP contribution in [0.5, 0.6) is 0 Å². The smallest absolute Gasteiger partial charge is 0.0153 e. The first-order valence-corrected chi connectivity index (χ1v) is 7.47. The van der Waals surface area contributed by atoms with Gasteiger partial charge >= 0.3 is 0 Å². The minimum atomic E-state index is 0.524. The highest BCUT2D eigenvalue weighted by molar-refractivity contribution is 7.09. The molecule has 1 aromatic heterocycles. The van der Waals surface area contributed by atoms with E-state index in [1.165, 1.54) is 16.0 Å². The summed E-state index contributed by atoms with van der Waals surface area (Å²) < 4.78 is 0. The summed E-state index contributed by atoms with van der Waals surface area (Å²) in [5, 5.41) is 5.57. The molecule has 0 saturated carbocycles. The lowest BCUT2D eigenvalue weighted by molar-refractivity contribution is 0.560. The monoisotopic (exact) mass is 259 g/mol. The summed E-state index contributed by atoms with van der Waals surface area (Å²) in [7, 11) is 2.05. The Hall–Kier alpha value is -1.12. The van der Waals surface area contributed by atoms with E-state index in [1.54, 1.807) is 0 Å². The van der Waals surface area contributed by atoms with Crippen molar-refractivity contribution in [2.24, 2.45) is 0 Å². The van der Waals surface area contributed by atoms with Crippen LogP contribution in [0.2, 0.25) is 0 Å². The first-order chi connectivity index (χ1) is 8.81. The minimum Gasteiger partial charge on any atom is -0.316 e. The van der Waals surface area contributed by atoms with Gasteiger partial charge in [-0.1, -0.05) is 37.3 Å². The van der Waals surface area contributed by atoms with E-state index in [-0.39, 0.29) is 0 Å². The molecule has 1 nitrogen and oxygen atoms in total. The number of rotatable bonds is 6. The van der Waals surface area contributed by atoms with Crippen molar-refractivity contribution in [2.75, 3.05) is 7.05 Å². The van der Waals surface area contributed by atoms with Gasteiger partial charge in [-0.15, -0.1) is 11.3 Å². The van der Waals surface area contributed by atoms with Crippen LogP contribution in [-0.2, 0) is 19.3 Å². The Morgan fingerprint density at radius 1 is 1.06 bits per heavy atom. The number of benzene rings is 1. The highest BCUT2D eigenvalue weighted by Gasteiger charge is 2.09. The van der Waals surface area contributed by atoms with E-state index in [1.807, 2.05) is 11.3 Å². The normalized spacial score (nSPS) is 12.6. The average Bonchev–Trinajstić information content (AvgIpc) is 2.91. The molecule has 0 aliphatic carbocycles. The molecule has 0 aliphatic rings. The third-order valence-electron chi connectivity index (χ3n) is 3.35. The van der Waals surface area contributed by atoms with E-state index in [0.717, 1.165) is 19.3 Å². The van der Waals surface area contributed by atoms with Gasteiger partial charge in [0.15, 0.2) is 0 Å². The van der Waals surface area contributed by atoms with Crippen molar-refractivity contribution in [1.29, 1.82) is 0 Å². The average molecular weight is 259 g/mol. The zero-order chi connectivity index (χ0) is 12.8. The molecule has 0 amide bonds. The number of thiophene rings is 1. The molecule has 0 aliphatic heterocycles. The fourth-order valence-corrected chi connectivity index (χ4v) is 2.93. The number of hydrogen-bond acceptors (Lipinski definition) is 2. The van der Waals surface area contributed by atoms with Crippen LogP contribution in [0, 0.1) is 0 Å². The van der Waals surface area contributed by atoms with E-state index in [0.29, 0.717) is 6.04 Å². The Morgan fingerprint density at radius 2 is 1.78 bits per heavy atom. The van der Waals surface area contributed by atoms with Crippen LogP contribution in [0.15, 0.2) is 41.8 Å². The van der Waals surface area contributed by atoms with Gasteiger partial charge in [0, 0.05) is 10.9 Å². The molecule has 0 fully saturated rings. The van der Waals surface area contributed by atoms with Crippen LogP contribution in [-0.4, -0.2) is 13.1 Å². The fourth-order valence-electron chi connectivity index (χ4n) is 2.14. The molecule has 1 unspecified atom stereocenters. The Kier molecular flexibility index (Phi) is 4.97. The highest BCUT2D eigenvalue weighted by atomic mass is 32.1. The van der Waals surface area contributed by atoms with E-state index in [9.17, 15) is 0 Å². The quantitative estimate of drug-likeness (QED) is 0.834. The second-order valence-electron chi connectivity index (χ2n) is 4.64. The Balaban J connectivity index is 1.96. The van der Waals surface area contributed by atoms with Crippen molar-refractivity contribution < 1.29 is 0 Å². The Bertz CT molecular complexity index is 444. The van der Waals surface area contributed by atoms with E-state index in [2.05, 4.69) is 61.1 Å². The van der Waals surface area contributed by atoms with Crippen molar-refractivity contribution in [3.8, 4) is 0 Å². The zero-order valence-electron chi connectivity index (χ0n) is 11.1. The van der Waals surface area contributed by atoms with Gasteiger partial charge in [-0.2, -0.15) is 0 Å². The SMILES string of the molecule is CCc1ccc(CC(Cc2cccs2)NC)cc1. The molecule has 96 valence electrons. The number of hydrogen-bond donors (Lipinski definition) is 1. The zero-order valence-corrected chi connectivity index (χ0v) is 12.0. The van der Waals surface area contributed by atoms with E-state index >= 15 is 0 Å². The summed E-state index contributed by atoms with van der Waals surface area (Å²) in [5.41, 5.74) is 2.83. The van der Waals surface area contributed by atoms with Crippen molar-refractivity contribution in [3.05, 3.63) is 57.8 Å². The van der Waals surface area contributed by atoms with Crippen LogP contribution >= 0.6 is 11.3 Å². The lowest BCUT2D eigenvalue weighted by Crippen LogP contribution is -2.29. The number of aryl methyl sites for hydroxylation is 1. The van der Waals surface area contributed by atoms with Crippen molar-refractivity contribution >= 4 is 11.3 Å². The van der Waals surface area contributed by atoms with Crippen LogP contribution < -0.4 is 5.32 Å². The first kappa shape index (κ1) is 13.3. The molecule has 2 heteroatoms. The maximum Gasteiger partial charge on any atom is 0.0153 e. The summed E-state index contributed by atoms with van der Waals surface area (Å²) in [5.74, 6) is 0. The molecule has 1 atom stereocenters. The topological polar surface area (TPSA) is 12.0 Å². The highest BCUT2D eigenvalue weighted by Crippen LogP contribution is 2.14. The molecule has 1 heterocycles. The van der Waals surface area contributed by atoms with Crippen molar-refractivity contribution in [2.45, 2.75) is 32.2 Å². The predicted octanol–water partition coefficient (Wildman–Crippen LogP) is 3.68. The standard InChI is InChI=1S/C16H21NS/c1-3-13-6-8-14(9-7-13)11-15(17-2)12-16-5-4-10-18-16/h4-10,15,17H,3,11-12H2,1-2H3. The third kappa shape index (κ3) is 3.69. The van der Waals surface area contributed by atoms with Gasteiger partial charge in [0.1, 0.15) is 0 Å². The molecule has 0 spiro atoms. The van der Waals surface area contributed by atoms with Crippen molar-refractivity contribution in [3.63, 3.8) is 0 Å². The molecule has 1 aromatic carbocycles. The maximum atomic E-state index is 3.42. The fraction of sp³-hybridized carbons (Fsp3) is 0.375. The van der Waals surface area contributed by atoms with Crippen LogP contribution in [0.4, 0.5) is 0 Å². The molecular formula is C16H21NS. The molecule has 0 saturated heterocycles. The van der Waals surface area contributed by atoms with E-state index < -0.39 is 0 Å². The Labute approximate surface area is 114 Å². The molecule has 18 heavy (non-hydrogen) atoms. The minimum absolute atomic E-state index is 0.524. The summed E-state index contributed by atoms with van der Waals surface area (Å²) in [6, 6.07) is 13.9. The third-order valence-corrected chi connectivity index (χ3v) is 4.25. The van der Waals surface area contributed by atoms with Gasteiger partial charge in [0.25, 0.3) is 0 Å². The molecule has 1 N–H and O–H groups in total. The second kappa shape index (κ2) is 6.72. The lowest BCUT2D eigenvalue weighted by Gasteiger charge is -2.15. The molecule has 2 rings (SSSR count). The lowest BCUT2D eigenvalue weighted by atomic mass is 10.0. The summed E-state index contributed by atoms with van der Waals surface area (Å²) >= 11 is 1.84. The van der Waals surface area contributed by atoms with Gasteiger partial charge in [-0.3, -0.25) is 0 Å². The van der Waals surface area contributed by atoms with Crippen LogP contribution in [0.25, 0.3) is 0 Å². The first-order valence-electron chi connectivity index (χ1n) is 6.59. The second-order valence-corrected chi connectivity index (χ2v) is 5.68. The summed E-state index contributed by atoms with van der Waals surface area (Å²) in [6.07, 6.45) is 3.33. The summed E-state index contributed by atoms with van der Waals surface area (Å²) in [4.78, 5) is 1.46. The molecule has 0 bridgehead atoms. The number of likely N-dealkylation sites (N-methyl/N-ethyl adjacent to an activating group) is 1. The predicted molar refractivity (Wildman–Crippen MR) is 80.4 cm³/mol. The van der Waals surface area contributed by atoms with Crippen molar-refractivity contribution in [1.82, 2.24) is 5.32 Å². The van der Waals surface area contributed by atoms with Crippen LogP contribution in [0.1, 0.15) is 22.9 Å². The van der Waals surface area contributed by atoms with Gasteiger partial charge in [-0.05, 0) is 48.9 Å². The summed E-state index contributed by atoms with van der Waals surface area (Å²) in [6.45, 7) is 2.20. The Morgan fingerprint density at radius 3 is 2.33 bits per heavy atom. The van der Waals surface area contributed by atoms with Gasteiger partial charge in [0.05, 0.1) is 0 Å². The largest absolute Gasteiger partial charge is 0.316 e. The van der Waals surface area contributed by atoms with Gasteiger partial charge < -0.3 is 5.32 Å². The molecule has 0 radical (unpaired) electrons. The molecule has 2 aromatic rings. The van der Waals surface area contributed by atoms with Crippen LogP contribution in [0.3, 0.4) is 0 Å². The molecular weight excluding hydrogens is 238 g/mol. The van der Waals surface area contributed by atoms with Gasteiger partial charge in [-0.25, -0.2) is 0 Å².